The Kier molecular flexibility index (Phi) is 4.39. The Labute approximate surface area is 124 Å². The zero-order valence-corrected chi connectivity index (χ0v) is 12.6. The molecule has 1 fully saturated rings. The Morgan fingerprint density at radius 3 is 2.43 bits per heavy atom. The van der Waals surface area contributed by atoms with Crippen molar-refractivity contribution in [3.05, 3.63) is 54.6 Å². The van der Waals surface area contributed by atoms with E-state index >= 15 is 0 Å². The average Bonchev–Trinajstić information content (AvgIpc) is 2.75. The molecule has 1 saturated heterocycles. The quantitative estimate of drug-likeness (QED) is 0.878. The third kappa shape index (κ3) is 3.53. The number of ether oxygens (including phenoxy) is 1. The van der Waals surface area contributed by atoms with Crippen molar-refractivity contribution in [2.75, 3.05) is 13.2 Å². The van der Waals surface area contributed by atoms with Crippen LogP contribution >= 0.6 is 7.52 Å². The van der Waals surface area contributed by atoms with Gasteiger partial charge in [0.2, 0.25) is 0 Å². The van der Waals surface area contributed by atoms with Gasteiger partial charge < -0.3 is 9.26 Å². The second-order valence-corrected chi connectivity index (χ2v) is 7.10. The molecule has 0 aliphatic carbocycles. The monoisotopic (exact) mass is 303 g/mol. The smallest absolute Gasteiger partial charge is 0.299 e. The lowest BCUT2D eigenvalue weighted by Gasteiger charge is -2.17. The van der Waals surface area contributed by atoms with Crippen LogP contribution < -0.4 is 15.1 Å². The zero-order valence-electron chi connectivity index (χ0n) is 11.7. The first-order chi connectivity index (χ1) is 10.3. The first-order valence-corrected chi connectivity index (χ1v) is 8.72. The normalized spacial score (nSPS) is 22.5. The highest BCUT2D eigenvalue weighted by atomic mass is 31.2. The maximum absolute atomic E-state index is 12.8. The van der Waals surface area contributed by atoms with Crippen molar-refractivity contribution in [1.29, 1.82) is 0 Å². The Bertz CT molecular complexity index is 616. The van der Waals surface area contributed by atoms with Crippen LogP contribution in [0.4, 0.5) is 0 Å². The van der Waals surface area contributed by atoms with Crippen molar-refractivity contribution in [2.45, 2.75) is 12.8 Å². The van der Waals surface area contributed by atoms with Gasteiger partial charge in [-0.3, -0.25) is 4.57 Å². The van der Waals surface area contributed by atoms with E-state index in [1.54, 1.807) is 12.1 Å². The Morgan fingerprint density at radius 2 is 1.67 bits per heavy atom. The van der Waals surface area contributed by atoms with E-state index in [-0.39, 0.29) is 0 Å². The first-order valence-electron chi connectivity index (χ1n) is 7.09. The van der Waals surface area contributed by atoms with Crippen molar-refractivity contribution in [1.82, 2.24) is 5.09 Å². The maximum Gasteiger partial charge on any atom is 0.299 e. The molecule has 1 N–H and O–H groups in total. The van der Waals surface area contributed by atoms with Crippen LogP contribution in [0.5, 0.6) is 11.5 Å². The third-order valence-electron chi connectivity index (χ3n) is 3.32. The van der Waals surface area contributed by atoms with Crippen LogP contribution in [0.3, 0.4) is 0 Å². The molecule has 0 saturated carbocycles. The molecule has 0 spiro atoms. The van der Waals surface area contributed by atoms with E-state index in [0.717, 1.165) is 25.1 Å². The van der Waals surface area contributed by atoms with E-state index in [4.69, 9.17) is 9.26 Å². The van der Waals surface area contributed by atoms with Gasteiger partial charge in [-0.15, -0.1) is 0 Å². The van der Waals surface area contributed by atoms with E-state index in [1.165, 1.54) is 0 Å². The molecule has 1 unspecified atom stereocenters. The van der Waals surface area contributed by atoms with Crippen molar-refractivity contribution in [2.24, 2.45) is 0 Å². The molecule has 21 heavy (non-hydrogen) atoms. The summed E-state index contributed by atoms with van der Waals surface area (Å²) < 4.78 is 24.0. The molecule has 3 rings (SSSR count). The molecule has 0 bridgehead atoms. The summed E-state index contributed by atoms with van der Waals surface area (Å²) >= 11 is 0. The molecule has 1 atom stereocenters. The molecule has 0 amide bonds. The fourth-order valence-corrected chi connectivity index (χ4v) is 4.00. The molecule has 1 aliphatic rings. The lowest BCUT2D eigenvalue weighted by atomic mass is 10.3. The number of para-hydroxylation sites is 1. The number of rotatable bonds is 3. The highest BCUT2D eigenvalue weighted by Gasteiger charge is 2.26. The van der Waals surface area contributed by atoms with Gasteiger partial charge in [-0.2, -0.15) is 0 Å². The number of hydrogen-bond acceptors (Lipinski definition) is 3. The van der Waals surface area contributed by atoms with Crippen LogP contribution in [0, 0.1) is 0 Å². The minimum absolute atomic E-state index is 0.534. The van der Waals surface area contributed by atoms with Crippen LogP contribution in [0.2, 0.25) is 0 Å². The van der Waals surface area contributed by atoms with E-state index in [9.17, 15) is 4.57 Å². The van der Waals surface area contributed by atoms with E-state index in [1.807, 2.05) is 42.5 Å². The number of hydrogen-bond donors (Lipinski definition) is 1. The van der Waals surface area contributed by atoms with Crippen LogP contribution in [0.15, 0.2) is 54.6 Å². The second kappa shape index (κ2) is 6.44. The maximum atomic E-state index is 12.8. The summed E-state index contributed by atoms with van der Waals surface area (Å²) in [5, 5.41) is 3.72. The van der Waals surface area contributed by atoms with Crippen molar-refractivity contribution in [3.63, 3.8) is 0 Å². The molecule has 110 valence electrons. The Balaban J connectivity index is 1.76. The molecule has 2 aromatic carbocycles. The molecule has 2 aromatic rings. The van der Waals surface area contributed by atoms with E-state index in [2.05, 4.69) is 5.09 Å². The molecule has 0 radical (unpaired) electrons. The lowest BCUT2D eigenvalue weighted by Crippen LogP contribution is -2.20. The summed E-state index contributed by atoms with van der Waals surface area (Å²) in [6.07, 6.45) is 1.92. The molecule has 0 aromatic heterocycles. The van der Waals surface area contributed by atoms with Gasteiger partial charge in [0.05, 0.1) is 11.9 Å². The van der Waals surface area contributed by atoms with Gasteiger partial charge in [0.15, 0.2) is 0 Å². The van der Waals surface area contributed by atoms with E-state index in [0.29, 0.717) is 17.7 Å². The highest BCUT2D eigenvalue weighted by molar-refractivity contribution is 7.65. The summed E-state index contributed by atoms with van der Waals surface area (Å²) in [4.78, 5) is 0. The minimum atomic E-state index is -2.92. The van der Waals surface area contributed by atoms with Crippen molar-refractivity contribution >= 4 is 12.8 Å². The first kappa shape index (κ1) is 14.3. The summed E-state index contributed by atoms with van der Waals surface area (Å²) in [6.45, 7) is 1.26. The van der Waals surface area contributed by atoms with Gasteiger partial charge >= 0.3 is 0 Å². The molecule has 1 heterocycles. The number of benzene rings is 2. The summed E-state index contributed by atoms with van der Waals surface area (Å²) in [6, 6.07) is 16.8. The van der Waals surface area contributed by atoms with Gasteiger partial charge in [0, 0.05) is 6.54 Å². The predicted octanol–water partition coefficient (Wildman–Crippen LogP) is 3.70. The average molecular weight is 303 g/mol. The van der Waals surface area contributed by atoms with E-state index < -0.39 is 7.52 Å². The van der Waals surface area contributed by atoms with Crippen LogP contribution in [0.25, 0.3) is 0 Å². The van der Waals surface area contributed by atoms with Gasteiger partial charge in [0.25, 0.3) is 7.52 Å². The van der Waals surface area contributed by atoms with Gasteiger partial charge in [-0.1, -0.05) is 18.2 Å². The highest BCUT2D eigenvalue weighted by Crippen LogP contribution is 2.42. The largest absolute Gasteiger partial charge is 0.457 e. The predicted molar refractivity (Wildman–Crippen MR) is 83.4 cm³/mol. The van der Waals surface area contributed by atoms with Crippen LogP contribution in [0.1, 0.15) is 12.8 Å². The standard InChI is InChI=1S/C16H18NO3P/c18-21(17-12-4-5-13-19-21)16-10-8-15(9-11-16)20-14-6-2-1-3-7-14/h1-3,6-11H,4-5,12-13H2,(H,17,18). The molecular weight excluding hydrogens is 285 g/mol. The minimum Gasteiger partial charge on any atom is -0.457 e. The molecule has 4 nitrogen and oxygen atoms in total. The fourth-order valence-electron chi connectivity index (χ4n) is 2.19. The number of nitrogens with one attached hydrogen (secondary N) is 1. The van der Waals surface area contributed by atoms with Gasteiger partial charge in [-0.25, -0.2) is 5.09 Å². The Hall–Kier alpha value is -1.61. The molecular formula is C16H18NO3P. The van der Waals surface area contributed by atoms with Crippen LogP contribution in [-0.2, 0) is 9.09 Å². The molecule has 1 aliphatic heterocycles. The van der Waals surface area contributed by atoms with Gasteiger partial charge in [0.1, 0.15) is 11.5 Å². The summed E-state index contributed by atoms with van der Waals surface area (Å²) in [5.41, 5.74) is 0. The summed E-state index contributed by atoms with van der Waals surface area (Å²) in [5.74, 6) is 1.49. The second-order valence-electron chi connectivity index (χ2n) is 4.91. The summed E-state index contributed by atoms with van der Waals surface area (Å²) in [7, 11) is -2.92. The van der Waals surface area contributed by atoms with Crippen LogP contribution in [-0.4, -0.2) is 13.2 Å². The topological polar surface area (TPSA) is 47.6 Å². The molecule has 5 heteroatoms. The van der Waals surface area contributed by atoms with Gasteiger partial charge in [-0.05, 0) is 49.2 Å². The Morgan fingerprint density at radius 1 is 0.952 bits per heavy atom. The zero-order chi connectivity index (χ0) is 14.5. The van der Waals surface area contributed by atoms with Crippen molar-refractivity contribution in [3.8, 4) is 11.5 Å². The fraction of sp³-hybridized carbons (Fsp3) is 0.250. The lowest BCUT2D eigenvalue weighted by molar-refractivity contribution is 0.319. The third-order valence-corrected chi connectivity index (χ3v) is 5.48. The SMILES string of the molecule is O=P1(c2ccc(Oc3ccccc3)cc2)NCCCCO1. The van der Waals surface area contributed by atoms with Crippen molar-refractivity contribution < 1.29 is 13.8 Å².